The van der Waals surface area contributed by atoms with E-state index in [1.54, 1.807) is 0 Å². The van der Waals surface area contributed by atoms with E-state index >= 15 is 0 Å². The highest BCUT2D eigenvalue weighted by Crippen LogP contribution is 2.27. The van der Waals surface area contributed by atoms with Crippen LogP contribution in [0.3, 0.4) is 0 Å². The van der Waals surface area contributed by atoms with E-state index in [4.69, 9.17) is 11.6 Å². The number of nitrogens with one attached hydrogen (secondary N) is 2. The van der Waals surface area contributed by atoms with Crippen LogP contribution in [-0.2, 0) is 0 Å². The summed E-state index contributed by atoms with van der Waals surface area (Å²) in [5.41, 5.74) is 0.872. The van der Waals surface area contributed by atoms with Crippen molar-refractivity contribution < 1.29 is 23.2 Å². The molecule has 0 aliphatic heterocycles. The molecule has 0 radical (unpaired) electrons. The summed E-state index contributed by atoms with van der Waals surface area (Å²) in [6.07, 6.45) is 0. The maximum Gasteiger partial charge on any atom is 0.387 e. The smallest absolute Gasteiger partial charge is 0.387 e. The molecule has 0 saturated heterocycles. The molecular weight excluding hydrogens is 398 g/mol. The van der Waals surface area contributed by atoms with Crippen molar-refractivity contribution in [3.8, 4) is 17.0 Å². The molecule has 3 aromatic rings. The van der Waals surface area contributed by atoms with Crippen LogP contribution in [0.4, 0.5) is 20.2 Å². The first-order chi connectivity index (χ1) is 13.3. The Balaban J connectivity index is 1.76. The third-order valence-corrected chi connectivity index (χ3v) is 3.94. The van der Waals surface area contributed by atoms with Gasteiger partial charge in [-0.15, -0.1) is 0 Å². The topological polar surface area (TPSA) is 110 Å². The van der Waals surface area contributed by atoms with E-state index in [0.29, 0.717) is 11.3 Å². The van der Waals surface area contributed by atoms with Crippen molar-refractivity contribution >= 4 is 28.9 Å². The van der Waals surface area contributed by atoms with Gasteiger partial charge < -0.3 is 10.1 Å². The Bertz CT molecular complexity index is 1020. The lowest BCUT2D eigenvalue weighted by molar-refractivity contribution is -0.384. The van der Waals surface area contributed by atoms with E-state index < -0.39 is 17.4 Å². The Hall–Kier alpha value is -3.53. The van der Waals surface area contributed by atoms with Gasteiger partial charge in [0.15, 0.2) is 0 Å². The number of carbonyl (C=O) groups is 1. The zero-order valence-electron chi connectivity index (χ0n) is 13.9. The predicted molar refractivity (Wildman–Crippen MR) is 96.7 cm³/mol. The summed E-state index contributed by atoms with van der Waals surface area (Å²) in [4.78, 5) is 22.6. The molecule has 1 aromatic heterocycles. The minimum atomic E-state index is -2.92. The van der Waals surface area contributed by atoms with E-state index in [2.05, 4.69) is 20.3 Å². The number of benzene rings is 2. The highest BCUT2D eigenvalue weighted by molar-refractivity contribution is 6.34. The van der Waals surface area contributed by atoms with Gasteiger partial charge in [-0.25, -0.2) is 0 Å². The first-order valence-corrected chi connectivity index (χ1v) is 8.07. The van der Waals surface area contributed by atoms with Crippen LogP contribution in [0, 0.1) is 10.1 Å². The lowest BCUT2D eigenvalue weighted by atomic mass is 10.1. The molecule has 144 valence electrons. The summed E-state index contributed by atoms with van der Waals surface area (Å²) >= 11 is 5.96. The molecule has 0 unspecified atom stereocenters. The molecule has 2 aromatic carbocycles. The molecule has 0 bridgehead atoms. The van der Waals surface area contributed by atoms with Crippen LogP contribution in [0.5, 0.6) is 5.75 Å². The minimum Gasteiger partial charge on any atom is -0.435 e. The number of alkyl halides is 2. The standard InChI is InChI=1S/C17H11ClF2N4O4/c18-12-6-3-10(24(26)27)7-14(12)21-16(25)15-8-13(22-23-15)9-1-4-11(5-2-9)28-17(19)20/h1-8,17H,(H,21,25)(H,22,23). The van der Waals surface area contributed by atoms with Gasteiger partial charge >= 0.3 is 6.61 Å². The Kier molecular flexibility index (Phi) is 5.50. The van der Waals surface area contributed by atoms with Crippen molar-refractivity contribution in [2.75, 3.05) is 5.32 Å². The van der Waals surface area contributed by atoms with Crippen molar-refractivity contribution in [2.45, 2.75) is 6.61 Å². The highest BCUT2D eigenvalue weighted by atomic mass is 35.5. The van der Waals surface area contributed by atoms with Gasteiger partial charge in [0.2, 0.25) is 0 Å². The van der Waals surface area contributed by atoms with Crippen LogP contribution in [0.25, 0.3) is 11.3 Å². The Morgan fingerprint density at radius 1 is 1.21 bits per heavy atom. The second-order valence-corrected chi connectivity index (χ2v) is 5.85. The fourth-order valence-electron chi connectivity index (χ4n) is 2.31. The van der Waals surface area contributed by atoms with Crippen molar-refractivity contribution in [2.24, 2.45) is 0 Å². The molecule has 11 heteroatoms. The summed E-state index contributed by atoms with van der Waals surface area (Å²) in [6.45, 7) is -2.92. The first kappa shape index (κ1) is 19.2. The van der Waals surface area contributed by atoms with Gasteiger partial charge in [0, 0.05) is 17.7 Å². The molecule has 1 heterocycles. The lowest BCUT2D eigenvalue weighted by Gasteiger charge is -2.05. The zero-order valence-corrected chi connectivity index (χ0v) is 14.6. The summed E-state index contributed by atoms with van der Waals surface area (Å²) in [7, 11) is 0. The molecule has 0 aliphatic rings. The summed E-state index contributed by atoms with van der Waals surface area (Å²) in [5, 5.41) is 20.0. The number of ether oxygens (including phenoxy) is 1. The Morgan fingerprint density at radius 3 is 2.57 bits per heavy atom. The second kappa shape index (κ2) is 8.01. The number of anilines is 1. The molecule has 1 amide bonds. The second-order valence-electron chi connectivity index (χ2n) is 5.45. The van der Waals surface area contributed by atoms with Gasteiger partial charge in [0.1, 0.15) is 11.4 Å². The van der Waals surface area contributed by atoms with Crippen LogP contribution < -0.4 is 10.1 Å². The van der Waals surface area contributed by atoms with Gasteiger partial charge in [-0.2, -0.15) is 13.9 Å². The molecule has 0 aliphatic carbocycles. The van der Waals surface area contributed by atoms with Crippen molar-refractivity contribution in [1.82, 2.24) is 10.2 Å². The van der Waals surface area contributed by atoms with Gasteiger partial charge in [-0.3, -0.25) is 20.0 Å². The number of nitro benzene ring substituents is 1. The van der Waals surface area contributed by atoms with Gasteiger partial charge in [-0.1, -0.05) is 11.6 Å². The van der Waals surface area contributed by atoms with E-state index in [-0.39, 0.29) is 27.8 Å². The molecule has 2 N–H and O–H groups in total. The van der Waals surface area contributed by atoms with Crippen LogP contribution >= 0.6 is 11.6 Å². The molecule has 8 nitrogen and oxygen atoms in total. The van der Waals surface area contributed by atoms with Crippen LogP contribution in [-0.4, -0.2) is 27.6 Å². The number of H-pyrrole nitrogens is 1. The summed E-state index contributed by atoms with van der Waals surface area (Å²) in [5.74, 6) is -0.619. The fourth-order valence-corrected chi connectivity index (χ4v) is 2.47. The molecule has 0 fully saturated rings. The van der Waals surface area contributed by atoms with Crippen LogP contribution in [0.1, 0.15) is 10.5 Å². The van der Waals surface area contributed by atoms with E-state index in [0.717, 1.165) is 6.07 Å². The normalized spacial score (nSPS) is 10.7. The number of amides is 1. The number of hydrogen-bond donors (Lipinski definition) is 2. The maximum absolute atomic E-state index is 12.4. The SMILES string of the molecule is O=C(Nc1cc([N+](=O)[O-])ccc1Cl)c1cc(-c2ccc(OC(F)F)cc2)n[nH]1. The Morgan fingerprint density at radius 2 is 1.93 bits per heavy atom. The number of hydrogen-bond acceptors (Lipinski definition) is 5. The third-order valence-electron chi connectivity index (χ3n) is 3.61. The molecule has 28 heavy (non-hydrogen) atoms. The molecular formula is C17H11ClF2N4O4. The predicted octanol–water partition coefficient (Wildman–Crippen LogP) is 4.49. The number of rotatable bonds is 6. The van der Waals surface area contributed by atoms with Gasteiger partial charge in [0.25, 0.3) is 11.6 Å². The number of nitrogens with zero attached hydrogens (tertiary/aromatic N) is 2. The number of nitro groups is 1. The first-order valence-electron chi connectivity index (χ1n) is 7.69. The van der Waals surface area contributed by atoms with E-state index in [1.807, 2.05) is 0 Å². The monoisotopic (exact) mass is 408 g/mol. The number of aromatic nitrogens is 2. The molecule has 0 spiro atoms. The number of aromatic amines is 1. The van der Waals surface area contributed by atoms with E-state index in [1.165, 1.54) is 42.5 Å². The molecule has 0 saturated carbocycles. The van der Waals surface area contributed by atoms with Gasteiger partial charge in [-0.05, 0) is 36.4 Å². The third kappa shape index (κ3) is 4.41. The quantitative estimate of drug-likeness (QED) is 0.461. The molecule has 0 atom stereocenters. The maximum atomic E-state index is 12.4. The number of non-ortho nitro benzene ring substituents is 1. The average molecular weight is 409 g/mol. The summed E-state index contributed by atoms with van der Waals surface area (Å²) < 4.78 is 28.6. The van der Waals surface area contributed by atoms with Crippen LogP contribution in [0.15, 0.2) is 48.5 Å². The number of carbonyl (C=O) groups excluding carboxylic acids is 1. The van der Waals surface area contributed by atoms with Crippen molar-refractivity contribution in [3.05, 3.63) is 69.4 Å². The van der Waals surface area contributed by atoms with Gasteiger partial charge in [0.05, 0.1) is 21.3 Å². The van der Waals surface area contributed by atoms with Crippen molar-refractivity contribution in [3.63, 3.8) is 0 Å². The summed E-state index contributed by atoms with van der Waals surface area (Å²) in [6, 6.07) is 10.8. The molecule has 3 rings (SSSR count). The van der Waals surface area contributed by atoms with Crippen molar-refractivity contribution in [1.29, 1.82) is 0 Å². The lowest BCUT2D eigenvalue weighted by Crippen LogP contribution is -2.12. The van der Waals surface area contributed by atoms with E-state index in [9.17, 15) is 23.7 Å². The largest absolute Gasteiger partial charge is 0.435 e. The zero-order chi connectivity index (χ0) is 20.3. The number of halogens is 3. The highest BCUT2D eigenvalue weighted by Gasteiger charge is 2.16. The Labute approximate surface area is 161 Å². The minimum absolute atomic E-state index is 0.00688. The average Bonchev–Trinajstić information content (AvgIpc) is 3.13. The fraction of sp³-hybridized carbons (Fsp3) is 0.0588. The van der Waals surface area contributed by atoms with Crippen LogP contribution in [0.2, 0.25) is 5.02 Å².